The van der Waals surface area contributed by atoms with E-state index in [1.54, 1.807) is 54.6 Å². The molecule has 0 bridgehead atoms. The second kappa shape index (κ2) is 11.2. The van der Waals surface area contributed by atoms with E-state index >= 15 is 0 Å². The van der Waals surface area contributed by atoms with E-state index in [9.17, 15) is 14.9 Å². The van der Waals surface area contributed by atoms with Gasteiger partial charge < -0.3 is 14.8 Å². The van der Waals surface area contributed by atoms with Gasteiger partial charge in [0.2, 0.25) is 0 Å². The first-order valence-electron chi connectivity index (χ1n) is 8.39. The number of para-hydroxylation sites is 1. The van der Waals surface area contributed by atoms with Gasteiger partial charge in [0.15, 0.2) is 6.61 Å². The Bertz CT molecular complexity index is 988. The molecule has 0 radical (unpaired) electrons. The topological polar surface area (TPSA) is 112 Å². The monoisotopic (exact) mass is 407 g/mol. The highest BCUT2D eigenvalue weighted by molar-refractivity contribution is 7.99. The van der Waals surface area contributed by atoms with Gasteiger partial charge in [0.25, 0.3) is 5.91 Å². The van der Waals surface area contributed by atoms with Crippen LogP contribution in [-0.2, 0) is 14.3 Å². The Morgan fingerprint density at radius 3 is 2.52 bits per heavy atom. The number of carbonyl (C=O) groups excluding carboxylic acids is 2. The molecule has 0 aliphatic rings. The Morgan fingerprint density at radius 2 is 1.86 bits per heavy atom. The Balaban J connectivity index is 1.96. The van der Waals surface area contributed by atoms with Gasteiger partial charge in [-0.3, -0.25) is 4.79 Å². The van der Waals surface area contributed by atoms with Gasteiger partial charge in [0, 0.05) is 4.90 Å². The summed E-state index contributed by atoms with van der Waals surface area (Å²) in [6.45, 7) is -0.544. The zero-order valence-corrected chi connectivity index (χ0v) is 16.4. The molecule has 0 heterocycles. The molecule has 0 atom stereocenters. The molecular weight excluding hydrogens is 390 g/mol. The quantitative estimate of drug-likeness (QED) is 0.309. The van der Waals surface area contributed by atoms with Crippen molar-refractivity contribution in [2.75, 3.05) is 24.8 Å². The largest absolute Gasteiger partial charge is 0.497 e. The lowest BCUT2D eigenvalue weighted by atomic mass is 10.1. The van der Waals surface area contributed by atoms with Crippen molar-refractivity contribution in [1.82, 2.24) is 0 Å². The van der Waals surface area contributed by atoms with E-state index in [-0.39, 0.29) is 11.3 Å². The van der Waals surface area contributed by atoms with Crippen LogP contribution >= 0.6 is 11.8 Å². The lowest BCUT2D eigenvalue weighted by Gasteiger charge is -2.10. The number of thioether (sulfide) groups is 1. The van der Waals surface area contributed by atoms with Gasteiger partial charge in [0.1, 0.15) is 17.4 Å². The molecule has 0 saturated carbocycles. The highest BCUT2D eigenvalue weighted by atomic mass is 32.2. The van der Waals surface area contributed by atoms with E-state index in [1.165, 1.54) is 24.9 Å². The predicted molar refractivity (Wildman–Crippen MR) is 109 cm³/mol. The number of rotatable bonds is 8. The molecule has 0 saturated heterocycles. The van der Waals surface area contributed by atoms with Gasteiger partial charge in [-0.15, -0.1) is 11.8 Å². The van der Waals surface area contributed by atoms with E-state index < -0.39 is 18.5 Å². The summed E-state index contributed by atoms with van der Waals surface area (Å²) in [4.78, 5) is 24.9. The number of methoxy groups -OCH3 is 1. The third-order valence-electron chi connectivity index (χ3n) is 3.55. The Kier molecular flexibility index (Phi) is 8.30. The molecule has 0 aliphatic carbocycles. The number of anilines is 1. The molecule has 0 unspecified atom stereocenters. The maximum atomic E-state index is 12.1. The molecule has 7 nitrogen and oxygen atoms in total. The zero-order chi connectivity index (χ0) is 21.1. The van der Waals surface area contributed by atoms with E-state index in [2.05, 4.69) is 5.32 Å². The van der Waals surface area contributed by atoms with Crippen LogP contribution in [0.25, 0.3) is 6.08 Å². The average molecular weight is 407 g/mol. The minimum absolute atomic E-state index is 0.229. The Hall–Kier alpha value is -3.75. The smallest absolute Gasteiger partial charge is 0.349 e. The maximum absolute atomic E-state index is 12.1. The minimum atomic E-state index is -0.898. The molecule has 146 valence electrons. The molecule has 2 rings (SSSR count). The van der Waals surface area contributed by atoms with E-state index in [0.717, 1.165) is 4.90 Å². The minimum Gasteiger partial charge on any atom is -0.497 e. The highest BCUT2D eigenvalue weighted by Gasteiger charge is 2.14. The molecule has 29 heavy (non-hydrogen) atoms. The van der Waals surface area contributed by atoms with Crippen molar-refractivity contribution in [2.45, 2.75) is 4.90 Å². The molecule has 1 N–H and O–H groups in total. The van der Waals surface area contributed by atoms with Gasteiger partial charge in [-0.25, -0.2) is 4.79 Å². The summed E-state index contributed by atoms with van der Waals surface area (Å²) in [5.74, 6) is -0.562. The predicted octanol–water partition coefficient (Wildman–Crippen LogP) is 3.40. The second-order valence-corrected chi connectivity index (χ2v) is 6.53. The molecule has 0 aliphatic heterocycles. The summed E-state index contributed by atoms with van der Waals surface area (Å²) in [7, 11) is 1.54. The number of nitriles is 2. The van der Waals surface area contributed by atoms with E-state index in [1.807, 2.05) is 6.07 Å². The Labute approximate surface area is 172 Å². The van der Waals surface area contributed by atoms with Crippen LogP contribution in [0.3, 0.4) is 0 Å². The second-order valence-electron chi connectivity index (χ2n) is 5.51. The van der Waals surface area contributed by atoms with E-state index in [4.69, 9.17) is 14.7 Å². The van der Waals surface area contributed by atoms with Crippen LogP contribution in [0, 0.1) is 22.7 Å². The summed E-state index contributed by atoms with van der Waals surface area (Å²) in [6.07, 6.45) is 1.37. The van der Waals surface area contributed by atoms with Gasteiger partial charge in [-0.2, -0.15) is 10.5 Å². The summed E-state index contributed by atoms with van der Waals surface area (Å²) in [5.41, 5.74) is 0.906. The molecule has 0 fully saturated rings. The molecule has 1 amide bonds. The summed E-state index contributed by atoms with van der Waals surface area (Å²) in [5, 5.41) is 20.5. The SMILES string of the molecule is COc1ccc(/C=C(\C#N)C(=O)OCC(=O)Nc2ccccc2SCC#N)cc1. The maximum Gasteiger partial charge on any atom is 0.349 e. The molecule has 2 aromatic carbocycles. The van der Waals surface area contributed by atoms with Crippen LogP contribution in [0.1, 0.15) is 5.56 Å². The Morgan fingerprint density at radius 1 is 1.14 bits per heavy atom. The number of amides is 1. The standard InChI is InChI=1S/C21H17N3O4S/c1-27-17-8-6-15(7-9-17)12-16(13-23)21(26)28-14-20(25)24-18-4-2-3-5-19(18)29-11-10-22/h2-9,12H,11,14H2,1H3,(H,24,25)/b16-12+. The number of carbonyl (C=O) groups is 2. The number of nitrogens with one attached hydrogen (secondary N) is 1. The van der Waals surface area contributed by atoms with Gasteiger partial charge in [0.05, 0.1) is 24.6 Å². The average Bonchev–Trinajstić information content (AvgIpc) is 2.75. The number of ether oxygens (including phenoxy) is 2. The van der Waals surface area contributed by atoms with Crippen LogP contribution in [-0.4, -0.2) is 31.3 Å². The number of hydrogen-bond donors (Lipinski definition) is 1. The molecule has 0 spiro atoms. The van der Waals surface area contributed by atoms with Crippen molar-refractivity contribution in [1.29, 1.82) is 10.5 Å². The van der Waals surface area contributed by atoms with Crippen molar-refractivity contribution >= 4 is 35.4 Å². The lowest BCUT2D eigenvalue weighted by Crippen LogP contribution is -2.21. The lowest BCUT2D eigenvalue weighted by molar-refractivity contribution is -0.142. The molecular formula is C21H17N3O4S. The van der Waals surface area contributed by atoms with Crippen molar-refractivity contribution in [3.8, 4) is 17.9 Å². The number of hydrogen-bond acceptors (Lipinski definition) is 7. The first-order valence-corrected chi connectivity index (χ1v) is 9.37. The first-order chi connectivity index (χ1) is 14.1. The van der Waals surface area contributed by atoms with Crippen molar-refractivity contribution in [3.05, 3.63) is 59.7 Å². The summed E-state index contributed by atoms with van der Waals surface area (Å²) < 4.78 is 9.99. The third kappa shape index (κ3) is 6.73. The van der Waals surface area contributed by atoms with Crippen molar-refractivity contribution in [2.24, 2.45) is 0 Å². The number of benzene rings is 2. The number of nitrogens with zero attached hydrogens (tertiary/aromatic N) is 2. The fourth-order valence-electron chi connectivity index (χ4n) is 2.20. The van der Waals surface area contributed by atoms with Crippen LogP contribution in [0.5, 0.6) is 5.75 Å². The molecule has 8 heteroatoms. The van der Waals surface area contributed by atoms with Crippen LogP contribution in [0.15, 0.2) is 59.0 Å². The van der Waals surface area contributed by atoms with Crippen molar-refractivity contribution in [3.63, 3.8) is 0 Å². The van der Waals surface area contributed by atoms with Gasteiger partial charge in [-0.1, -0.05) is 24.3 Å². The third-order valence-corrected chi connectivity index (χ3v) is 4.50. The molecule has 2 aromatic rings. The van der Waals surface area contributed by atoms with Crippen molar-refractivity contribution < 1.29 is 19.1 Å². The van der Waals surface area contributed by atoms with Crippen LogP contribution in [0.4, 0.5) is 5.69 Å². The van der Waals surface area contributed by atoms with Gasteiger partial charge >= 0.3 is 5.97 Å². The highest BCUT2D eigenvalue weighted by Crippen LogP contribution is 2.26. The first kappa shape index (κ1) is 21.5. The van der Waals surface area contributed by atoms with E-state index in [0.29, 0.717) is 17.0 Å². The van der Waals surface area contributed by atoms with Gasteiger partial charge in [-0.05, 0) is 35.9 Å². The summed E-state index contributed by atoms with van der Waals surface area (Å²) in [6, 6.07) is 17.5. The normalized spacial score (nSPS) is 10.4. The summed E-state index contributed by atoms with van der Waals surface area (Å²) >= 11 is 1.28. The fourth-order valence-corrected chi connectivity index (χ4v) is 2.87. The van der Waals surface area contributed by atoms with Crippen LogP contribution in [0.2, 0.25) is 0 Å². The fraction of sp³-hybridized carbons (Fsp3) is 0.143. The van der Waals surface area contributed by atoms with Crippen LogP contribution < -0.4 is 10.1 Å². The molecule has 0 aromatic heterocycles. The number of esters is 1. The zero-order valence-electron chi connectivity index (χ0n) is 15.5.